The summed E-state index contributed by atoms with van der Waals surface area (Å²) in [6.45, 7) is 0. The van der Waals surface area contributed by atoms with E-state index in [1.807, 2.05) is 41.8 Å². The fourth-order valence-corrected chi connectivity index (χ4v) is 2.46. The first-order valence-electron chi connectivity index (χ1n) is 5.71. The van der Waals surface area contributed by atoms with Gasteiger partial charge in [-0.15, -0.1) is 11.3 Å². The highest BCUT2D eigenvalue weighted by molar-refractivity contribution is 7.13. The molecule has 0 aliphatic rings. The van der Waals surface area contributed by atoms with Gasteiger partial charge in [-0.2, -0.15) is 10.2 Å². The van der Waals surface area contributed by atoms with Gasteiger partial charge in [0, 0.05) is 5.56 Å². The molecule has 0 aliphatic carbocycles. The van der Waals surface area contributed by atoms with Crippen LogP contribution in [0.3, 0.4) is 0 Å². The van der Waals surface area contributed by atoms with Gasteiger partial charge in [-0.3, -0.25) is 0 Å². The number of benzene rings is 1. The zero-order valence-corrected chi connectivity index (χ0v) is 10.7. The van der Waals surface area contributed by atoms with E-state index in [1.54, 1.807) is 11.3 Å². The van der Waals surface area contributed by atoms with E-state index in [2.05, 4.69) is 16.2 Å². The summed E-state index contributed by atoms with van der Waals surface area (Å²) in [5, 5.41) is 14.8. The Morgan fingerprint density at radius 3 is 2.89 bits per heavy atom. The maximum absolute atomic E-state index is 8.83. The van der Waals surface area contributed by atoms with Gasteiger partial charge in [-0.1, -0.05) is 29.4 Å². The summed E-state index contributed by atoms with van der Waals surface area (Å²) in [6.07, 6.45) is 0.326. The molecule has 0 bridgehead atoms. The van der Waals surface area contributed by atoms with Crippen LogP contribution in [0.4, 0.5) is 0 Å². The molecule has 3 rings (SSSR count). The van der Waals surface area contributed by atoms with E-state index >= 15 is 0 Å². The Hall–Kier alpha value is -2.45. The smallest absolute Gasteiger partial charge is 0.258 e. The van der Waals surface area contributed by atoms with E-state index in [9.17, 15) is 0 Å². The molecule has 2 heterocycles. The number of nitrogens with zero attached hydrogens (tertiary/aromatic N) is 3. The molecule has 5 heteroatoms. The minimum Gasteiger partial charge on any atom is -0.334 e. The third kappa shape index (κ3) is 2.26. The van der Waals surface area contributed by atoms with Gasteiger partial charge in [0.25, 0.3) is 5.89 Å². The van der Waals surface area contributed by atoms with Gasteiger partial charge in [-0.05, 0) is 23.1 Å². The Morgan fingerprint density at radius 1 is 1.21 bits per heavy atom. The predicted octanol–water partition coefficient (Wildman–Crippen LogP) is 3.53. The molecule has 0 aliphatic heterocycles. The number of aromatic nitrogens is 2. The summed E-state index contributed by atoms with van der Waals surface area (Å²) < 4.78 is 5.30. The number of nitriles is 1. The lowest BCUT2D eigenvalue weighted by atomic mass is 10.1. The van der Waals surface area contributed by atoms with Crippen molar-refractivity contribution < 1.29 is 4.52 Å². The fraction of sp³-hybridized carbons (Fsp3) is 0.0714. The molecular formula is C14H9N3OS. The zero-order chi connectivity index (χ0) is 13.1. The lowest BCUT2D eigenvalue weighted by Crippen LogP contribution is -1.88. The molecule has 0 saturated heterocycles. The van der Waals surface area contributed by atoms with Crippen LogP contribution in [0, 0.1) is 11.3 Å². The average Bonchev–Trinajstić information content (AvgIpc) is 3.11. The van der Waals surface area contributed by atoms with Crippen molar-refractivity contribution in [2.24, 2.45) is 0 Å². The molecule has 3 aromatic rings. The second-order valence-corrected chi connectivity index (χ2v) is 4.84. The molecule has 0 spiro atoms. The summed E-state index contributed by atoms with van der Waals surface area (Å²) in [6, 6.07) is 13.6. The molecule has 0 N–H and O–H groups in total. The predicted molar refractivity (Wildman–Crippen MR) is 72.4 cm³/mol. The van der Waals surface area contributed by atoms with Gasteiger partial charge in [0.05, 0.1) is 17.4 Å². The molecule has 0 radical (unpaired) electrons. The van der Waals surface area contributed by atoms with E-state index in [4.69, 9.17) is 9.78 Å². The highest BCUT2D eigenvalue weighted by Gasteiger charge is 2.13. The quantitative estimate of drug-likeness (QED) is 0.728. The monoisotopic (exact) mass is 267 g/mol. The van der Waals surface area contributed by atoms with Crippen LogP contribution in [-0.2, 0) is 6.42 Å². The molecule has 92 valence electrons. The van der Waals surface area contributed by atoms with Gasteiger partial charge in [0.1, 0.15) is 0 Å². The second kappa shape index (κ2) is 5.04. The molecular weight excluding hydrogens is 258 g/mol. The van der Waals surface area contributed by atoms with Crippen LogP contribution in [0.15, 0.2) is 46.3 Å². The van der Waals surface area contributed by atoms with Crippen LogP contribution < -0.4 is 0 Å². The SMILES string of the molecule is N#CCc1ccccc1-c1nc(-c2cccs2)no1. The van der Waals surface area contributed by atoms with Crippen molar-refractivity contribution >= 4 is 11.3 Å². The van der Waals surface area contributed by atoms with E-state index in [0.29, 0.717) is 18.1 Å². The Kier molecular flexibility index (Phi) is 3.09. The standard InChI is InChI=1S/C14H9N3OS/c15-8-7-10-4-1-2-5-11(10)14-16-13(17-18-14)12-6-3-9-19-12/h1-6,9H,7H2. The first kappa shape index (κ1) is 11.6. The summed E-state index contributed by atoms with van der Waals surface area (Å²) in [5.74, 6) is 1.03. The van der Waals surface area contributed by atoms with Crippen molar-refractivity contribution in [3.8, 4) is 28.2 Å². The van der Waals surface area contributed by atoms with Crippen LogP contribution in [0.2, 0.25) is 0 Å². The number of thiophene rings is 1. The lowest BCUT2D eigenvalue weighted by molar-refractivity contribution is 0.432. The first-order chi connectivity index (χ1) is 9.38. The van der Waals surface area contributed by atoms with Gasteiger partial charge in [0.2, 0.25) is 5.82 Å². The molecule has 0 atom stereocenters. The summed E-state index contributed by atoms with van der Waals surface area (Å²) in [7, 11) is 0. The molecule has 2 aromatic heterocycles. The van der Waals surface area contributed by atoms with E-state index in [-0.39, 0.29) is 0 Å². The van der Waals surface area contributed by atoms with Crippen molar-refractivity contribution in [2.75, 3.05) is 0 Å². The fourth-order valence-electron chi connectivity index (χ4n) is 1.81. The largest absolute Gasteiger partial charge is 0.334 e. The van der Waals surface area contributed by atoms with Gasteiger partial charge in [0.15, 0.2) is 0 Å². The third-order valence-corrected chi connectivity index (χ3v) is 3.55. The van der Waals surface area contributed by atoms with E-state index in [1.165, 1.54) is 0 Å². The molecule has 0 saturated carbocycles. The average molecular weight is 267 g/mol. The Balaban J connectivity index is 2.02. The first-order valence-corrected chi connectivity index (χ1v) is 6.59. The molecule has 1 aromatic carbocycles. The van der Waals surface area contributed by atoms with Crippen LogP contribution >= 0.6 is 11.3 Å². The third-order valence-electron chi connectivity index (χ3n) is 2.68. The number of rotatable bonds is 3. The maximum Gasteiger partial charge on any atom is 0.258 e. The molecule has 0 fully saturated rings. The van der Waals surface area contributed by atoms with Crippen molar-refractivity contribution in [3.63, 3.8) is 0 Å². The van der Waals surface area contributed by atoms with Crippen molar-refractivity contribution in [1.29, 1.82) is 5.26 Å². The van der Waals surface area contributed by atoms with Crippen LogP contribution in [0.1, 0.15) is 5.56 Å². The maximum atomic E-state index is 8.83. The highest BCUT2D eigenvalue weighted by Crippen LogP contribution is 2.27. The summed E-state index contributed by atoms with van der Waals surface area (Å²) in [4.78, 5) is 5.35. The minimum atomic E-state index is 0.326. The summed E-state index contributed by atoms with van der Waals surface area (Å²) in [5.41, 5.74) is 1.71. The van der Waals surface area contributed by atoms with Crippen molar-refractivity contribution in [1.82, 2.24) is 10.1 Å². The number of hydrogen-bond acceptors (Lipinski definition) is 5. The zero-order valence-electron chi connectivity index (χ0n) is 9.91. The molecule has 0 unspecified atom stereocenters. The topological polar surface area (TPSA) is 62.7 Å². The molecule has 19 heavy (non-hydrogen) atoms. The number of hydrogen-bond donors (Lipinski definition) is 0. The van der Waals surface area contributed by atoms with Crippen LogP contribution in [0.25, 0.3) is 22.2 Å². The molecule has 4 nitrogen and oxygen atoms in total. The van der Waals surface area contributed by atoms with Gasteiger partial charge in [-0.25, -0.2) is 0 Å². The van der Waals surface area contributed by atoms with Crippen LogP contribution in [-0.4, -0.2) is 10.1 Å². The van der Waals surface area contributed by atoms with Crippen molar-refractivity contribution in [3.05, 3.63) is 47.3 Å². The van der Waals surface area contributed by atoms with Gasteiger partial charge < -0.3 is 4.52 Å². The Bertz CT molecular complexity index is 725. The Morgan fingerprint density at radius 2 is 2.11 bits per heavy atom. The normalized spacial score (nSPS) is 10.3. The highest BCUT2D eigenvalue weighted by atomic mass is 32.1. The second-order valence-electron chi connectivity index (χ2n) is 3.89. The van der Waals surface area contributed by atoms with Gasteiger partial charge >= 0.3 is 0 Å². The minimum absolute atomic E-state index is 0.326. The van der Waals surface area contributed by atoms with E-state index < -0.39 is 0 Å². The Labute approximate surface area is 113 Å². The lowest BCUT2D eigenvalue weighted by Gasteiger charge is -2.00. The van der Waals surface area contributed by atoms with E-state index in [0.717, 1.165) is 16.0 Å². The summed E-state index contributed by atoms with van der Waals surface area (Å²) >= 11 is 1.56. The van der Waals surface area contributed by atoms with Crippen LogP contribution in [0.5, 0.6) is 0 Å². The van der Waals surface area contributed by atoms with Crippen molar-refractivity contribution in [2.45, 2.75) is 6.42 Å². The molecule has 0 amide bonds.